The molecule has 3 heteroatoms. The van der Waals surface area contributed by atoms with E-state index in [2.05, 4.69) is 12.1 Å². The maximum atomic E-state index is 8.69. The van der Waals surface area contributed by atoms with Gasteiger partial charge in [-0.1, -0.05) is 25.0 Å². The van der Waals surface area contributed by atoms with E-state index in [0.717, 1.165) is 12.3 Å². The van der Waals surface area contributed by atoms with Crippen molar-refractivity contribution >= 4 is 0 Å². The van der Waals surface area contributed by atoms with Crippen molar-refractivity contribution in [2.75, 3.05) is 19.8 Å². The molecule has 94 valence electrons. The Morgan fingerprint density at radius 2 is 1.82 bits per heavy atom. The molecule has 1 aromatic rings. The summed E-state index contributed by atoms with van der Waals surface area (Å²) in [5.41, 5.74) is 7.47. The van der Waals surface area contributed by atoms with Crippen molar-refractivity contribution in [2.45, 2.75) is 31.1 Å². The lowest BCUT2D eigenvalue weighted by molar-refractivity contribution is 0.201. The van der Waals surface area contributed by atoms with Crippen LogP contribution >= 0.6 is 0 Å². The molecule has 1 aliphatic rings. The number of aliphatic hydroxyl groups is 1. The third-order valence-corrected chi connectivity index (χ3v) is 3.78. The van der Waals surface area contributed by atoms with Crippen LogP contribution in [0.4, 0.5) is 0 Å². The van der Waals surface area contributed by atoms with Gasteiger partial charge in [0.2, 0.25) is 0 Å². The Kier molecular flexibility index (Phi) is 4.02. The highest BCUT2D eigenvalue weighted by Crippen LogP contribution is 2.40. The first kappa shape index (κ1) is 12.4. The fourth-order valence-electron chi connectivity index (χ4n) is 2.73. The Morgan fingerprint density at radius 1 is 1.18 bits per heavy atom. The zero-order valence-corrected chi connectivity index (χ0v) is 10.2. The summed E-state index contributed by atoms with van der Waals surface area (Å²) < 4.78 is 5.36. The van der Waals surface area contributed by atoms with Crippen LogP contribution in [-0.2, 0) is 5.41 Å². The Morgan fingerprint density at radius 3 is 2.35 bits per heavy atom. The van der Waals surface area contributed by atoms with Crippen molar-refractivity contribution < 1.29 is 9.84 Å². The molecule has 1 aliphatic carbocycles. The highest BCUT2D eigenvalue weighted by Gasteiger charge is 2.33. The summed E-state index contributed by atoms with van der Waals surface area (Å²) in [7, 11) is 0. The van der Waals surface area contributed by atoms with Crippen LogP contribution in [0.3, 0.4) is 0 Å². The van der Waals surface area contributed by atoms with Gasteiger partial charge < -0.3 is 15.6 Å². The SMILES string of the molecule is NCC1(c2ccc(OCCO)cc2)CCCC1. The van der Waals surface area contributed by atoms with Crippen LogP contribution in [0.1, 0.15) is 31.2 Å². The number of benzene rings is 1. The standard InChI is InChI=1S/C14H21NO2/c15-11-14(7-1-2-8-14)12-3-5-13(6-4-12)17-10-9-16/h3-6,16H,1-2,7-11,15H2. The lowest BCUT2D eigenvalue weighted by Crippen LogP contribution is -2.31. The van der Waals surface area contributed by atoms with Gasteiger partial charge in [0.05, 0.1) is 6.61 Å². The number of hydrogen-bond acceptors (Lipinski definition) is 3. The van der Waals surface area contributed by atoms with Gasteiger partial charge in [-0.25, -0.2) is 0 Å². The van der Waals surface area contributed by atoms with Crippen molar-refractivity contribution in [1.29, 1.82) is 0 Å². The van der Waals surface area contributed by atoms with Crippen LogP contribution in [0.5, 0.6) is 5.75 Å². The van der Waals surface area contributed by atoms with Gasteiger partial charge in [-0.05, 0) is 30.5 Å². The quantitative estimate of drug-likeness (QED) is 0.818. The minimum absolute atomic E-state index is 0.0501. The van der Waals surface area contributed by atoms with Crippen LogP contribution in [0.25, 0.3) is 0 Å². The lowest BCUT2D eigenvalue weighted by atomic mass is 9.79. The summed E-state index contributed by atoms with van der Waals surface area (Å²) in [6.07, 6.45) is 4.95. The minimum Gasteiger partial charge on any atom is -0.491 e. The third-order valence-electron chi connectivity index (χ3n) is 3.78. The van der Waals surface area contributed by atoms with Crippen molar-refractivity contribution in [3.05, 3.63) is 29.8 Å². The van der Waals surface area contributed by atoms with Crippen LogP contribution in [0, 0.1) is 0 Å². The molecule has 0 unspecified atom stereocenters. The second-order valence-corrected chi connectivity index (χ2v) is 4.79. The van der Waals surface area contributed by atoms with Crippen LogP contribution < -0.4 is 10.5 Å². The predicted molar refractivity (Wildman–Crippen MR) is 68.2 cm³/mol. The molecule has 0 saturated heterocycles. The van der Waals surface area contributed by atoms with Gasteiger partial charge in [0.15, 0.2) is 0 Å². The molecule has 2 rings (SSSR count). The molecule has 3 nitrogen and oxygen atoms in total. The molecule has 0 aliphatic heterocycles. The Hall–Kier alpha value is -1.06. The van der Waals surface area contributed by atoms with E-state index >= 15 is 0 Å². The molecule has 0 spiro atoms. The first-order valence-corrected chi connectivity index (χ1v) is 6.35. The number of aliphatic hydroxyl groups excluding tert-OH is 1. The molecule has 0 atom stereocenters. The van der Waals surface area contributed by atoms with Gasteiger partial charge in [0, 0.05) is 12.0 Å². The average Bonchev–Trinajstić information content (AvgIpc) is 2.87. The van der Waals surface area contributed by atoms with Crippen molar-refractivity contribution in [3.63, 3.8) is 0 Å². The monoisotopic (exact) mass is 235 g/mol. The fourth-order valence-corrected chi connectivity index (χ4v) is 2.73. The highest BCUT2D eigenvalue weighted by molar-refractivity contribution is 5.33. The van der Waals surface area contributed by atoms with Crippen LogP contribution in [0.2, 0.25) is 0 Å². The number of hydrogen-bond donors (Lipinski definition) is 2. The van der Waals surface area contributed by atoms with Gasteiger partial charge in [-0.15, -0.1) is 0 Å². The number of rotatable bonds is 5. The molecule has 1 fully saturated rings. The molecule has 3 N–H and O–H groups in total. The molecular formula is C14H21NO2. The lowest BCUT2D eigenvalue weighted by Gasteiger charge is -2.28. The molecular weight excluding hydrogens is 214 g/mol. The van der Waals surface area contributed by atoms with Crippen LogP contribution in [0.15, 0.2) is 24.3 Å². The Labute approximate surface area is 103 Å². The summed E-state index contributed by atoms with van der Waals surface area (Å²) in [6, 6.07) is 8.18. The number of ether oxygens (including phenoxy) is 1. The molecule has 0 aromatic heterocycles. The van der Waals surface area contributed by atoms with Gasteiger partial charge in [0.25, 0.3) is 0 Å². The smallest absolute Gasteiger partial charge is 0.119 e. The first-order chi connectivity index (χ1) is 8.30. The zero-order valence-electron chi connectivity index (χ0n) is 10.2. The van der Waals surface area contributed by atoms with Gasteiger partial charge in [0.1, 0.15) is 12.4 Å². The summed E-state index contributed by atoms with van der Waals surface area (Å²) in [5, 5.41) is 8.69. The van der Waals surface area contributed by atoms with Gasteiger partial charge in [-0.3, -0.25) is 0 Å². The normalized spacial score (nSPS) is 18.2. The van der Waals surface area contributed by atoms with Crippen molar-refractivity contribution in [1.82, 2.24) is 0 Å². The van der Waals surface area contributed by atoms with E-state index in [9.17, 15) is 0 Å². The average molecular weight is 235 g/mol. The molecule has 0 bridgehead atoms. The van der Waals surface area contributed by atoms with E-state index in [1.807, 2.05) is 12.1 Å². The Bertz CT molecular complexity index is 342. The van der Waals surface area contributed by atoms with E-state index in [1.165, 1.54) is 31.2 Å². The maximum Gasteiger partial charge on any atom is 0.119 e. The molecule has 17 heavy (non-hydrogen) atoms. The first-order valence-electron chi connectivity index (χ1n) is 6.35. The van der Waals surface area contributed by atoms with Crippen LogP contribution in [-0.4, -0.2) is 24.9 Å². The second kappa shape index (κ2) is 5.52. The molecule has 0 radical (unpaired) electrons. The Balaban J connectivity index is 2.11. The van der Waals surface area contributed by atoms with E-state index in [0.29, 0.717) is 6.61 Å². The second-order valence-electron chi connectivity index (χ2n) is 4.79. The number of nitrogens with two attached hydrogens (primary N) is 1. The largest absolute Gasteiger partial charge is 0.491 e. The van der Waals surface area contributed by atoms with Crippen molar-refractivity contribution in [3.8, 4) is 5.75 Å². The van der Waals surface area contributed by atoms with E-state index in [1.54, 1.807) is 0 Å². The van der Waals surface area contributed by atoms with Gasteiger partial charge in [-0.2, -0.15) is 0 Å². The summed E-state index contributed by atoms with van der Waals surface area (Å²) >= 11 is 0. The van der Waals surface area contributed by atoms with E-state index < -0.39 is 0 Å². The summed E-state index contributed by atoms with van der Waals surface area (Å²) in [4.78, 5) is 0. The van der Waals surface area contributed by atoms with Crippen molar-refractivity contribution in [2.24, 2.45) is 5.73 Å². The summed E-state index contributed by atoms with van der Waals surface area (Å²) in [6.45, 7) is 1.12. The molecule has 1 saturated carbocycles. The molecule has 1 aromatic carbocycles. The van der Waals surface area contributed by atoms with Gasteiger partial charge >= 0.3 is 0 Å². The topological polar surface area (TPSA) is 55.5 Å². The molecule has 0 amide bonds. The highest BCUT2D eigenvalue weighted by atomic mass is 16.5. The fraction of sp³-hybridized carbons (Fsp3) is 0.571. The maximum absolute atomic E-state index is 8.69. The third kappa shape index (κ3) is 2.61. The molecule has 0 heterocycles. The summed E-state index contributed by atoms with van der Waals surface area (Å²) in [5.74, 6) is 0.813. The minimum atomic E-state index is 0.0501. The van der Waals surface area contributed by atoms with E-state index in [-0.39, 0.29) is 12.0 Å². The van der Waals surface area contributed by atoms with E-state index in [4.69, 9.17) is 15.6 Å². The zero-order chi connectivity index (χ0) is 12.1. The predicted octanol–water partition coefficient (Wildman–Crippen LogP) is 1.83.